The summed E-state index contributed by atoms with van der Waals surface area (Å²) in [5.74, 6) is -0.498. The molecule has 5 heteroatoms. The van der Waals surface area contributed by atoms with Gasteiger partial charge in [-0.2, -0.15) is 0 Å². The van der Waals surface area contributed by atoms with E-state index >= 15 is 0 Å². The van der Waals surface area contributed by atoms with E-state index in [1.54, 1.807) is 24.0 Å². The minimum atomic E-state index is -0.555. The molecule has 110 valence electrons. The molecule has 0 saturated carbocycles. The lowest BCUT2D eigenvalue weighted by molar-refractivity contribution is -0.128. The van der Waals surface area contributed by atoms with Gasteiger partial charge in [-0.05, 0) is 38.0 Å². The number of nitrogens with zero attached hydrogens (tertiary/aromatic N) is 1. The van der Waals surface area contributed by atoms with Crippen LogP contribution in [0.25, 0.3) is 0 Å². The van der Waals surface area contributed by atoms with Gasteiger partial charge in [-0.3, -0.25) is 4.79 Å². The third-order valence-electron chi connectivity index (χ3n) is 3.58. The maximum atomic E-state index is 13.4. The van der Waals surface area contributed by atoms with Crippen LogP contribution < -0.4 is 4.90 Å². The molecular formula is C15H20FNO3. The molecule has 1 fully saturated rings. The van der Waals surface area contributed by atoms with Crippen molar-refractivity contribution in [2.45, 2.75) is 31.9 Å². The van der Waals surface area contributed by atoms with Gasteiger partial charge in [0.15, 0.2) is 0 Å². The highest BCUT2D eigenvalue weighted by Crippen LogP contribution is 2.25. The SMILES string of the molecule is CO[C@H](C)C(=O)N(c1cccc(F)c1)C1CCOCC1. The van der Waals surface area contributed by atoms with Gasteiger partial charge < -0.3 is 14.4 Å². The molecule has 1 aromatic carbocycles. The Bertz CT molecular complexity index is 460. The number of benzene rings is 1. The molecule has 1 aliphatic heterocycles. The molecule has 20 heavy (non-hydrogen) atoms. The van der Waals surface area contributed by atoms with Gasteiger partial charge in [-0.1, -0.05) is 6.07 Å². The van der Waals surface area contributed by atoms with Crippen molar-refractivity contribution in [1.82, 2.24) is 0 Å². The molecular weight excluding hydrogens is 261 g/mol. The monoisotopic (exact) mass is 281 g/mol. The number of methoxy groups -OCH3 is 1. The normalized spacial score (nSPS) is 17.8. The molecule has 1 heterocycles. The third-order valence-corrected chi connectivity index (χ3v) is 3.58. The molecule has 4 nitrogen and oxygen atoms in total. The quantitative estimate of drug-likeness (QED) is 0.850. The molecule has 1 saturated heterocycles. The van der Waals surface area contributed by atoms with Crippen molar-refractivity contribution < 1.29 is 18.7 Å². The van der Waals surface area contributed by atoms with Gasteiger partial charge in [0.25, 0.3) is 5.91 Å². The standard InChI is InChI=1S/C15H20FNO3/c1-11(19-2)15(18)17(13-6-8-20-9-7-13)14-5-3-4-12(16)10-14/h3-5,10-11,13H,6-9H2,1-2H3/t11-/m1/s1. The summed E-state index contributed by atoms with van der Waals surface area (Å²) in [6.07, 6.45) is 0.943. The lowest BCUT2D eigenvalue weighted by Crippen LogP contribution is -2.47. The van der Waals surface area contributed by atoms with Crippen LogP contribution in [0.5, 0.6) is 0 Å². The van der Waals surface area contributed by atoms with Crippen molar-refractivity contribution in [1.29, 1.82) is 0 Å². The number of amides is 1. The van der Waals surface area contributed by atoms with Gasteiger partial charge in [0.2, 0.25) is 0 Å². The summed E-state index contributed by atoms with van der Waals surface area (Å²) in [5.41, 5.74) is 0.575. The number of carbonyl (C=O) groups excluding carboxylic acids is 1. The second-order valence-corrected chi connectivity index (χ2v) is 4.91. The maximum absolute atomic E-state index is 13.4. The molecule has 1 aromatic rings. The number of carbonyl (C=O) groups is 1. The molecule has 0 N–H and O–H groups in total. The number of rotatable bonds is 4. The lowest BCUT2D eigenvalue weighted by Gasteiger charge is -2.35. The van der Waals surface area contributed by atoms with E-state index in [0.717, 1.165) is 12.8 Å². The van der Waals surface area contributed by atoms with E-state index in [-0.39, 0.29) is 17.8 Å². The van der Waals surface area contributed by atoms with E-state index in [4.69, 9.17) is 9.47 Å². The Hall–Kier alpha value is -1.46. The highest BCUT2D eigenvalue weighted by Gasteiger charge is 2.30. The van der Waals surface area contributed by atoms with Crippen LogP contribution in [0.4, 0.5) is 10.1 Å². The Kier molecular flexibility index (Phi) is 5.09. The molecule has 0 spiro atoms. The van der Waals surface area contributed by atoms with Gasteiger partial charge in [-0.15, -0.1) is 0 Å². The van der Waals surface area contributed by atoms with Crippen LogP contribution >= 0.6 is 0 Å². The van der Waals surface area contributed by atoms with Crippen LogP contribution in [0.15, 0.2) is 24.3 Å². The summed E-state index contributed by atoms with van der Waals surface area (Å²) in [5, 5.41) is 0. The van der Waals surface area contributed by atoms with E-state index in [0.29, 0.717) is 18.9 Å². The number of hydrogen-bond donors (Lipinski definition) is 0. The molecule has 1 amide bonds. The first-order valence-electron chi connectivity index (χ1n) is 6.82. The second-order valence-electron chi connectivity index (χ2n) is 4.91. The predicted octanol–water partition coefficient (Wildman–Crippen LogP) is 2.37. The summed E-state index contributed by atoms with van der Waals surface area (Å²) in [7, 11) is 1.50. The molecule has 2 rings (SSSR count). The van der Waals surface area contributed by atoms with Crippen LogP contribution in [0.2, 0.25) is 0 Å². The zero-order chi connectivity index (χ0) is 14.5. The number of halogens is 1. The van der Waals surface area contributed by atoms with Gasteiger partial charge >= 0.3 is 0 Å². The van der Waals surface area contributed by atoms with E-state index in [1.807, 2.05) is 0 Å². The Morgan fingerprint density at radius 3 is 2.75 bits per heavy atom. The summed E-state index contributed by atoms with van der Waals surface area (Å²) in [6.45, 7) is 2.93. The Balaban J connectivity index is 2.30. The molecule has 0 bridgehead atoms. The third kappa shape index (κ3) is 3.35. The van der Waals surface area contributed by atoms with Gasteiger partial charge in [-0.25, -0.2) is 4.39 Å². The van der Waals surface area contributed by atoms with Crippen molar-refractivity contribution in [2.24, 2.45) is 0 Å². The predicted molar refractivity (Wildman–Crippen MR) is 74.2 cm³/mol. The fourth-order valence-corrected chi connectivity index (χ4v) is 2.38. The van der Waals surface area contributed by atoms with Crippen molar-refractivity contribution in [3.8, 4) is 0 Å². The molecule has 0 radical (unpaired) electrons. The van der Waals surface area contributed by atoms with E-state index in [9.17, 15) is 9.18 Å². The molecule has 1 aliphatic rings. The molecule has 0 aromatic heterocycles. The molecule has 1 atom stereocenters. The smallest absolute Gasteiger partial charge is 0.256 e. The number of ether oxygens (including phenoxy) is 2. The Morgan fingerprint density at radius 1 is 1.45 bits per heavy atom. The van der Waals surface area contributed by atoms with Crippen LogP contribution in [0.1, 0.15) is 19.8 Å². The number of anilines is 1. The van der Waals surface area contributed by atoms with Crippen LogP contribution in [-0.4, -0.2) is 38.4 Å². The molecule has 0 unspecified atom stereocenters. The zero-order valence-corrected chi connectivity index (χ0v) is 11.8. The van der Waals surface area contributed by atoms with E-state index in [1.165, 1.54) is 19.2 Å². The first kappa shape index (κ1) is 14.9. The average Bonchev–Trinajstić information content (AvgIpc) is 2.48. The van der Waals surface area contributed by atoms with Crippen molar-refractivity contribution >= 4 is 11.6 Å². The van der Waals surface area contributed by atoms with Crippen molar-refractivity contribution in [3.63, 3.8) is 0 Å². The van der Waals surface area contributed by atoms with Crippen LogP contribution in [0, 0.1) is 5.82 Å². The van der Waals surface area contributed by atoms with E-state index < -0.39 is 6.10 Å². The highest BCUT2D eigenvalue weighted by atomic mass is 19.1. The fraction of sp³-hybridized carbons (Fsp3) is 0.533. The highest BCUT2D eigenvalue weighted by molar-refractivity contribution is 5.96. The minimum absolute atomic E-state index is 0.0237. The first-order chi connectivity index (χ1) is 9.63. The van der Waals surface area contributed by atoms with Crippen LogP contribution in [0.3, 0.4) is 0 Å². The van der Waals surface area contributed by atoms with Gasteiger partial charge in [0.05, 0.1) is 0 Å². The number of hydrogen-bond acceptors (Lipinski definition) is 3. The Morgan fingerprint density at radius 2 is 2.15 bits per heavy atom. The summed E-state index contributed by atoms with van der Waals surface area (Å²) >= 11 is 0. The first-order valence-corrected chi connectivity index (χ1v) is 6.82. The summed E-state index contributed by atoms with van der Waals surface area (Å²) < 4.78 is 23.9. The fourth-order valence-electron chi connectivity index (χ4n) is 2.38. The topological polar surface area (TPSA) is 38.8 Å². The van der Waals surface area contributed by atoms with Crippen LogP contribution in [-0.2, 0) is 14.3 Å². The summed E-state index contributed by atoms with van der Waals surface area (Å²) in [6, 6.07) is 6.14. The van der Waals surface area contributed by atoms with Gasteiger partial charge in [0, 0.05) is 32.1 Å². The zero-order valence-electron chi connectivity index (χ0n) is 11.8. The largest absolute Gasteiger partial charge is 0.381 e. The maximum Gasteiger partial charge on any atom is 0.256 e. The van der Waals surface area contributed by atoms with Crippen molar-refractivity contribution in [2.75, 3.05) is 25.2 Å². The lowest BCUT2D eigenvalue weighted by atomic mass is 10.0. The van der Waals surface area contributed by atoms with Crippen molar-refractivity contribution in [3.05, 3.63) is 30.1 Å². The Labute approximate surface area is 118 Å². The average molecular weight is 281 g/mol. The van der Waals surface area contributed by atoms with E-state index in [2.05, 4.69) is 0 Å². The van der Waals surface area contributed by atoms with Gasteiger partial charge in [0.1, 0.15) is 11.9 Å². The summed E-state index contributed by atoms with van der Waals surface area (Å²) in [4.78, 5) is 14.2. The minimum Gasteiger partial charge on any atom is -0.381 e. The molecule has 0 aliphatic carbocycles. The second kappa shape index (κ2) is 6.81.